The molecule has 0 aliphatic rings. The van der Waals surface area contributed by atoms with Crippen molar-refractivity contribution in [3.05, 3.63) is 43.1 Å². The monoisotopic (exact) mass is 280 g/mol. The zero-order chi connectivity index (χ0) is 14.0. The second kappa shape index (κ2) is 5.40. The van der Waals surface area contributed by atoms with Gasteiger partial charge in [-0.05, 0) is 13.3 Å². The zero-order valence-corrected chi connectivity index (χ0v) is 11.7. The van der Waals surface area contributed by atoms with Gasteiger partial charge in [0, 0.05) is 23.8 Å². The summed E-state index contributed by atoms with van der Waals surface area (Å²) in [7, 11) is 0. The maximum atomic E-state index is 12.2. The molecule has 0 saturated heterocycles. The lowest BCUT2D eigenvalue weighted by Crippen LogP contribution is -2.40. The number of nitrogens with two attached hydrogens (primary N) is 1. The molecule has 102 valence electrons. The molecule has 0 aromatic carbocycles. The number of hydrogen-bond acceptors (Lipinski definition) is 5. The SMILES string of the molecule is CCCn1cc(N)c(=O)n(Cc2nc(C)cs2)c1=O. The van der Waals surface area contributed by atoms with Crippen molar-refractivity contribution in [2.75, 3.05) is 5.73 Å². The summed E-state index contributed by atoms with van der Waals surface area (Å²) in [5, 5.41) is 2.61. The molecule has 2 N–H and O–H groups in total. The fraction of sp³-hybridized carbons (Fsp3) is 0.417. The Morgan fingerprint density at radius 3 is 2.74 bits per heavy atom. The summed E-state index contributed by atoms with van der Waals surface area (Å²) in [6, 6.07) is 0. The number of nitrogen functional groups attached to an aromatic ring is 1. The van der Waals surface area contributed by atoms with Crippen molar-refractivity contribution in [3.8, 4) is 0 Å². The quantitative estimate of drug-likeness (QED) is 0.898. The normalized spacial score (nSPS) is 10.8. The highest BCUT2D eigenvalue weighted by atomic mass is 32.1. The summed E-state index contributed by atoms with van der Waals surface area (Å²) in [6.45, 7) is 4.55. The molecule has 0 radical (unpaired) electrons. The predicted molar refractivity (Wildman–Crippen MR) is 75.6 cm³/mol. The van der Waals surface area contributed by atoms with Crippen molar-refractivity contribution < 1.29 is 0 Å². The summed E-state index contributed by atoms with van der Waals surface area (Å²) in [5.41, 5.74) is 5.84. The van der Waals surface area contributed by atoms with E-state index in [0.717, 1.165) is 21.7 Å². The third-order valence-electron chi connectivity index (χ3n) is 2.69. The molecule has 19 heavy (non-hydrogen) atoms. The third-order valence-corrected chi connectivity index (χ3v) is 3.64. The molecule has 7 heteroatoms. The minimum absolute atomic E-state index is 0.0846. The van der Waals surface area contributed by atoms with Crippen LogP contribution < -0.4 is 17.0 Å². The van der Waals surface area contributed by atoms with Crippen LogP contribution in [0.1, 0.15) is 24.0 Å². The van der Waals surface area contributed by atoms with Gasteiger partial charge in [0.05, 0.1) is 6.54 Å². The second-order valence-corrected chi connectivity index (χ2v) is 5.28. The predicted octanol–water partition coefficient (Wildman–Crippen LogP) is 0.815. The smallest absolute Gasteiger partial charge is 0.331 e. The van der Waals surface area contributed by atoms with Gasteiger partial charge < -0.3 is 5.73 Å². The Kier molecular flexibility index (Phi) is 3.84. The summed E-state index contributed by atoms with van der Waals surface area (Å²) < 4.78 is 2.61. The molecule has 0 bridgehead atoms. The summed E-state index contributed by atoms with van der Waals surface area (Å²) in [4.78, 5) is 28.4. The van der Waals surface area contributed by atoms with Crippen LogP contribution in [0.2, 0.25) is 0 Å². The Morgan fingerprint density at radius 2 is 2.16 bits per heavy atom. The van der Waals surface area contributed by atoms with Crippen LogP contribution in [-0.2, 0) is 13.1 Å². The van der Waals surface area contributed by atoms with Crippen LogP contribution in [0, 0.1) is 6.92 Å². The Bertz CT molecular complexity index is 698. The minimum Gasteiger partial charge on any atom is -0.393 e. The van der Waals surface area contributed by atoms with E-state index in [2.05, 4.69) is 4.98 Å². The van der Waals surface area contributed by atoms with E-state index >= 15 is 0 Å². The molecule has 2 aromatic heterocycles. The molecule has 0 aliphatic carbocycles. The van der Waals surface area contributed by atoms with E-state index in [4.69, 9.17) is 5.73 Å². The molecule has 0 spiro atoms. The highest BCUT2D eigenvalue weighted by Crippen LogP contribution is 2.09. The maximum absolute atomic E-state index is 12.2. The minimum atomic E-state index is -0.454. The highest BCUT2D eigenvalue weighted by Gasteiger charge is 2.11. The van der Waals surface area contributed by atoms with Crippen LogP contribution in [0.25, 0.3) is 0 Å². The van der Waals surface area contributed by atoms with Crippen molar-refractivity contribution >= 4 is 17.0 Å². The number of anilines is 1. The van der Waals surface area contributed by atoms with Crippen molar-refractivity contribution in [3.63, 3.8) is 0 Å². The van der Waals surface area contributed by atoms with E-state index in [1.807, 2.05) is 19.2 Å². The van der Waals surface area contributed by atoms with Crippen LogP contribution in [0.3, 0.4) is 0 Å². The van der Waals surface area contributed by atoms with Crippen LogP contribution in [0.4, 0.5) is 5.69 Å². The largest absolute Gasteiger partial charge is 0.393 e. The van der Waals surface area contributed by atoms with Gasteiger partial charge in [0.2, 0.25) is 0 Å². The zero-order valence-electron chi connectivity index (χ0n) is 10.9. The number of hydrogen-bond donors (Lipinski definition) is 1. The maximum Gasteiger partial charge on any atom is 0.331 e. The molecule has 0 amide bonds. The van der Waals surface area contributed by atoms with Gasteiger partial charge in [-0.2, -0.15) is 0 Å². The average Bonchev–Trinajstić information content (AvgIpc) is 2.77. The van der Waals surface area contributed by atoms with E-state index < -0.39 is 5.56 Å². The van der Waals surface area contributed by atoms with Gasteiger partial charge in [0.25, 0.3) is 5.56 Å². The molecular weight excluding hydrogens is 264 g/mol. The highest BCUT2D eigenvalue weighted by molar-refractivity contribution is 7.09. The van der Waals surface area contributed by atoms with Crippen molar-refractivity contribution in [1.29, 1.82) is 0 Å². The lowest BCUT2D eigenvalue weighted by Gasteiger charge is -2.09. The van der Waals surface area contributed by atoms with Gasteiger partial charge in [-0.15, -0.1) is 11.3 Å². The topological polar surface area (TPSA) is 82.9 Å². The Hall–Kier alpha value is -1.89. The Balaban J connectivity index is 2.49. The van der Waals surface area contributed by atoms with E-state index in [0.29, 0.717) is 6.54 Å². The van der Waals surface area contributed by atoms with Gasteiger partial charge >= 0.3 is 5.69 Å². The first-order chi connectivity index (χ1) is 9.02. The first kappa shape index (κ1) is 13.5. The molecule has 0 aliphatic heterocycles. The second-order valence-electron chi connectivity index (χ2n) is 4.33. The molecule has 0 atom stereocenters. The van der Waals surface area contributed by atoms with E-state index in [9.17, 15) is 9.59 Å². The third kappa shape index (κ3) is 2.76. The Labute approximate surface area is 114 Å². The average molecular weight is 280 g/mol. The van der Waals surface area contributed by atoms with Crippen molar-refractivity contribution in [2.45, 2.75) is 33.4 Å². The molecule has 2 rings (SSSR count). The lowest BCUT2D eigenvalue weighted by molar-refractivity contribution is 0.572. The first-order valence-corrected chi connectivity index (χ1v) is 6.91. The van der Waals surface area contributed by atoms with Gasteiger partial charge in [-0.25, -0.2) is 9.78 Å². The molecule has 2 heterocycles. The van der Waals surface area contributed by atoms with E-state index in [-0.39, 0.29) is 17.9 Å². The number of rotatable bonds is 4. The number of thiazole rings is 1. The van der Waals surface area contributed by atoms with Crippen LogP contribution in [0.5, 0.6) is 0 Å². The summed E-state index contributed by atoms with van der Waals surface area (Å²) >= 11 is 1.43. The van der Waals surface area contributed by atoms with Crippen molar-refractivity contribution in [1.82, 2.24) is 14.1 Å². The van der Waals surface area contributed by atoms with Gasteiger partial charge in [-0.3, -0.25) is 13.9 Å². The Morgan fingerprint density at radius 1 is 1.42 bits per heavy atom. The van der Waals surface area contributed by atoms with Gasteiger partial charge in [0.15, 0.2) is 0 Å². The fourth-order valence-electron chi connectivity index (χ4n) is 1.83. The molecule has 0 fully saturated rings. The van der Waals surface area contributed by atoms with Crippen LogP contribution in [0.15, 0.2) is 21.2 Å². The standard InChI is InChI=1S/C12H16N4O2S/c1-3-4-15-5-9(13)11(17)16(12(15)18)6-10-14-8(2)7-19-10/h5,7H,3-4,6,13H2,1-2H3. The molecule has 2 aromatic rings. The number of nitrogens with zero attached hydrogens (tertiary/aromatic N) is 3. The molecule has 6 nitrogen and oxygen atoms in total. The fourth-order valence-corrected chi connectivity index (χ4v) is 2.59. The van der Waals surface area contributed by atoms with Gasteiger partial charge in [-0.1, -0.05) is 6.92 Å². The van der Waals surface area contributed by atoms with E-state index in [1.54, 1.807) is 0 Å². The van der Waals surface area contributed by atoms with Gasteiger partial charge in [0.1, 0.15) is 10.7 Å². The summed E-state index contributed by atoms with van der Waals surface area (Å²) in [6.07, 6.45) is 2.21. The molecule has 0 saturated carbocycles. The molecule has 0 unspecified atom stereocenters. The molecular formula is C12H16N4O2S. The summed E-state index contributed by atoms with van der Waals surface area (Å²) in [5.74, 6) is 0. The van der Waals surface area contributed by atoms with Crippen LogP contribution >= 0.6 is 11.3 Å². The number of aromatic nitrogens is 3. The first-order valence-electron chi connectivity index (χ1n) is 6.03. The van der Waals surface area contributed by atoms with Crippen molar-refractivity contribution in [2.24, 2.45) is 0 Å². The van der Waals surface area contributed by atoms with E-state index in [1.165, 1.54) is 22.1 Å². The number of aryl methyl sites for hydroxylation is 2. The lowest BCUT2D eigenvalue weighted by atomic mass is 10.4. The van der Waals surface area contributed by atoms with Crippen LogP contribution in [-0.4, -0.2) is 14.1 Å².